The van der Waals surface area contributed by atoms with Crippen LogP contribution in [0.15, 0.2) is 66.7 Å². The number of phenolic OH excluding ortho intramolecular Hbond substituents is 1. The van der Waals surface area contributed by atoms with Crippen molar-refractivity contribution in [3.8, 4) is 16.3 Å². The minimum atomic E-state index is -0.504. The number of anilines is 2. The molecule has 0 aliphatic rings. The van der Waals surface area contributed by atoms with Gasteiger partial charge in [-0.1, -0.05) is 64.9 Å². The van der Waals surface area contributed by atoms with Crippen molar-refractivity contribution in [2.75, 3.05) is 10.6 Å². The van der Waals surface area contributed by atoms with Crippen molar-refractivity contribution in [1.82, 2.24) is 15.5 Å². The molecule has 172 valence electrons. The minimum absolute atomic E-state index is 0.0876. The lowest BCUT2D eigenvalue weighted by molar-refractivity contribution is 0.102. The second kappa shape index (κ2) is 10.5. The van der Waals surface area contributed by atoms with Gasteiger partial charge in [0.15, 0.2) is 5.01 Å². The predicted molar refractivity (Wildman–Crippen MR) is 134 cm³/mol. The number of benzene rings is 3. The van der Waals surface area contributed by atoms with Crippen LogP contribution in [0.3, 0.4) is 0 Å². The molecule has 0 spiro atoms. The molecular weight excluding hydrogens is 497 g/mol. The normalized spacial score (nSPS) is 10.5. The van der Waals surface area contributed by atoms with Gasteiger partial charge in [-0.05, 0) is 42.0 Å². The van der Waals surface area contributed by atoms with Gasteiger partial charge in [-0.3, -0.25) is 10.1 Å². The Morgan fingerprint density at radius 2 is 1.74 bits per heavy atom. The molecule has 4 aromatic rings. The molecule has 4 rings (SSSR count). The average Bonchev–Trinajstić information content (AvgIpc) is 3.29. The third kappa shape index (κ3) is 5.82. The number of nitrogens with one attached hydrogen (secondary N) is 3. The zero-order valence-corrected chi connectivity index (χ0v) is 19.7. The standard InChI is InChI=1S/C23H17Cl2N5O3S/c24-15-10-17(19(31)18(25)11-15)21-29-30-23(34-21)28-22(33)26-12-13-5-4-6-14(9-13)20(32)27-16-7-2-1-3-8-16/h1-11,31H,12H2,(H,27,32)(H2,26,28,30,33). The molecule has 0 aliphatic heterocycles. The van der Waals surface area contributed by atoms with E-state index in [9.17, 15) is 14.7 Å². The zero-order chi connectivity index (χ0) is 24.1. The van der Waals surface area contributed by atoms with Gasteiger partial charge in [0.05, 0.1) is 10.6 Å². The molecule has 0 unspecified atom stereocenters. The van der Waals surface area contributed by atoms with E-state index in [4.69, 9.17) is 23.2 Å². The van der Waals surface area contributed by atoms with Gasteiger partial charge in [0.25, 0.3) is 5.91 Å². The molecule has 1 aromatic heterocycles. The van der Waals surface area contributed by atoms with Gasteiger partial charge in [0, 0.05) is 22.8 Å². The molecule has 0 radical (unpaired) electrons. The molecule has 0 saturated carbocycles. The summed E-state index contributed by atoms with van der Waals surface area (Å²) in [6.45, 7) is 0.189. The first-order chi connectivity index (χ1) is 16.4. The van der Waals surface area contributed by atoms with Crippen molar-refractivity contribution in [1.29, 1.82) is 0 Å². The van der Waals surface area contributed by atoms with Crippen molar-refractivity contribution in [2.24, 2.45) is 0 Å². The molecule has 0 atom stereocenters. The minimum Gasteiger partial charge on any atom is -0.506 e. The Bertz CT molecular complexity index is 1350. The zero-order valence-electron chi connectivity index (χ0n) is 17.4. The van der Waals surface area contributed by atoms with Crippen LogP contribution in [0.1, 0.15) is 15.9 Å². The summed E-state index contributed by atoms with van der Waals surface area (Å²) >= 11 is 13.0. The molecule has 0 saturated heterocycles. The van der Waals surface area contributed by atoms with E-state index in [0.29, 0.717) is 26.8 Å². The molecule has 3 aromatic carbocycles. The number of carbonyl (C=O) groups is 2. The van der Waals surface area contributed by atoms with Crippen molar-refractivity contribution < 1.29 is 14.7 Å². The van der Waals surface area contributed by atoms with Crippen LogP contribution in [-0.2, 0) is 6.54 Å². The summed E-state index contributed by atoms with van der Waals surface area (Å²) in [6, 6.07) is 18.5. The van der Waals surface area contributed by atoms with E-state index in [1.807, 2.05) is 18.2 Å². The maximum atomic E-state index is 12.5. The first-order valence-corrected chi connectivity index (χ1v) is 11.5. The molecule has 11 heteroatoms. The molecule has 0 aliphatic carbocycles. The topological polar surface area (TPSA) is 116 Å². The van der Waals surface area contributed by atoms with Crippen LogP contribution in [0.25, 0.3) is 10.6 Å². The summed E-state index contributed by atoms with van der Waals surface area (Å²) in [7, 11) is 0. The van der Waals surface area contributed by atoms with E-state index in [1.165, 1.54) is 12.1 Å². The number of halogens is 2. The van der Waals surface area contributed by atoms with Gasteiger partial charge in [-0.2, -0.15) is 0 Å². The Kier molecular flexibility index (Phi) is 7.27. The molecular formula is C23H17Cl2N5O3S. The SMILES string of the molecule is O=C(NCc1cccc(C(=O)Nc2ccccc2)c1)Nc1nnc(-c2cc(Cl)cc(Cl)c2O)s1. The summed E-state index contributed by atoms with van der Waals surface area (Å²) in [5, 5.41) is 27.1. The number of aromatic nitrogens is 2. The highest BCUT2D eigenvalue weighted by Crippen LogP contribution is 2.39. The number of phenols is 1. The summed E-state index contributed by atoms with van der Waals surface area (Å²) in [6.07, 6.45) is 0. The van der Waals surface area contributed by atoms with Crippen LogP contribution in [0.5, 0.6) is 5.75 Å². The number of urea groups is 1. The second-order valence-electron chi connectivity index (χ2n) is 7.02. The van der Waals surface area contributed by atoms with Gasteiger partial charge in [0.1, 0.15) is 5.75 Å². The number of rotatable bonds is 6. The summed E-state index contributed by atoms with van der Waals surface area (Å²) < 4.78 is 0. The van der Waals surface area contributed by atoms with Crippen LogP contribution >= 0.6 is 34.5 Å². The largest absolute Gasteiger partial charge is 0.506 e. The van der Waals surface area contributed by atoms with Gasteiger partial charge < -0.3 is 15.7 Å². The number of para-hydroxylation sites is 1. The van der Waals surface area contributed by atoms with E-state index in [-0.39, 0.29) is 28.4 Å². The maximum Gasteiger partial charge on any atom is 0.321 e. The first-order valence-electron chi connectivity index (χ1n) is 9.91. The van der Waals surface area contributed by atoms with Crippen molar-refractivity contribution in [3.05, 3.63) is 87.9 Å². The summed E-state index contributed by atoms with van der Waals surface area (Å²) in [5.74, 6) is -0.419. The van der Waals surface area contributed by atoms with Gasteiger partial charge in [0.2, 0.25) is 5.13 Å². The van der Waals surface area contributed by atoms with Crippen LogP contribution < -0.4 is 16.0 Å². The number of hydrogen-bond acceptors (Lipinski definition) is 6. The number of hydrogen-bond donors (Lipinski definition) is 4. The van der Waals surface area contributed by atoms with Crippen molar-refractivity contribution >= 4 is 57.3 Å². The Morgan fingerprint density at radius 1 is 0.941 bits per heavy atom. The fraction of sp³-hybridized carbons (Fsp3) is 0.0435. The highest BCUT2D eigenvalue weighted by molar-refractivity contribution is 7.18. The number of aromatic hydroxyl groups is 1. The van der Waals surface area contributed by atoms with E-state index in [1.54, 1.807) is 36.4 Å². The lowest BCUT2D eigenvalue weighted by atomic mass is 10.1. The second-order valence-corrected chi connectivity index (χ2v) is 8.85. The molecule has 34 heavy (non-hydrogen) atoms. The molecule has 8 nitrogen and oxygen atoms in total. The number of amides is 3. The monoisotopic (exact) mass is 513 g/mol. The van der Waals surface area contributed by atoms with Gasteiger partial charge in [-0.25, -0.2) is 4.79 Å². The highest BCUT2D eigenvalue weighted by Gasteiger charge is 2.16. The van der Waals surface area contributed by atoms with Crippen LogP contribution in [0.4, 0.5) is 15.6 Å². The lowest BCUT2D eigenvalue weighted by Crippen LogP contribution is -2.28. The molecule has 0 fully saturated rings. The quantitative estimate of drug-likeness (QED) is 0.260. The number of carbonyl (C=O) groups excluding carboxylic acids is 2. The summed E-state index contributed by atoms with van der Waals surface area (Å²) in [4.78, 5) is 24.8. The van der Waals surface area contributed by atoms with E-state index < -0.39 is 6.03 Å². The molecule has 0 bridgehead atoms. The van der Waals surface area contributed by atoms with E-state index in [2.05, 4.69) is 26.1 Å². The highest BCUT2D eigenvalue weighted by atomic mass is 35.5. The van der Waals surface area contributed by atoms with Gasteiger partial charge in [-0.15, -0.1) is 10.2 Å². The fourth-order valence-electron chi connectivity index (χ4n) is 2.98. The third-order valence-corrected chi connectivity index (χ3v) is 5.96. The van der Waals surface area contributed by atoms with E-state index >= 15 is 0 Å². The van der Waals surface area contributed by atoms with Crippen molar-refractivity contribution in [2.45, 2.75) is 6.54 Å². The molecule has 3 amide bonds. The smallest absolute Gasteiger partial charge is 0.321 e. The molecule has 4 N–H and O–H groups in total. The Morgan fingerprint density at radius 3 is 2.53 bits per heavy atom. The van der Waals surface area contributed by atoms with Crippen LogP contribution in [-0.4, -0.2) is 27.2 Å². The van der Waals surface area contributed by atoms with Crippen molar-refractivity contribution in [3.63, 3.8) is 0 Å². The van der Waals surface area contributed by atoms with Crippen LogP contribution in [0, 0.1) is 0 Å². The van der Waals surface area contributed by atoms with E-state index in [0.717, 1.165) is 16.9 Å². The Labute approximate surface area is 208 Å². The fourth-order valence-corrected chi connectivity index (χ4v) is 4.23. The predicted octanol–water partition coefficient (Wildman–Crippen LogP) is 5.79. The first kappa shape index (κ1) is 23.5. The average molecular weight is 514 g/mol. The summed E-state index contributed by atoms with van der Waals surface area (Å²) in [5.41, 5.74) is 2.22. The molecule has 1 heterocycles. The number of nitrogens with zero attached hydrogens (tertiary/aromatic N) is 2. The Hall–Kier alpha value is -3.66. The Balaban J connectivity index is 1.35. The maximum absolute atomic E-state index is 12.5. The van der Waals surface area contributed by atoms with Crippen LogP contribution in [0.2, 0.25) is 10.0 Å². The van der Waals surface area contributed by atoms with Gasteiger partial charge >= 0.3 is 6.03 Å². The lowest BCUT2D eigenvalue weighted by Gasteiger charge is -2.08. The third-order valence-electron chi connectivity index (χ3n) is 4.58.